The number of ether oxygens (including phenoxy) is 1. The summed E-state index contributed by atoms with van der Waals surface area (Å²) in [6.45, 7) is 5.87. The molecule has 1 saturated heterocycles. The van der Waals surface area contributed by atoms with Gasteiger partial charge in [0.15, 0.2) is 0 Å². The van der Waals surface area contributed by atoms with Crippen LogP contribution in [0, 0.1) is 11.3 Å². The predicted molar refractivity (Wildman–Crippen MR) is 69.5 cm³/mol. The summed E-state index contributed by atoms with van der Waals surface area (Å²) in [5.74, 6) is 0. The number of pyridine rings is 1. The number of aromatic nitrogens is 1. The zero-order chi connectivity index (χ0) is 12.8. The summed E-state index contributed by atoms with van der Waals surface area (Å²) < 4.78 is 5.09. The summed E-state index contributed by atoms with van der Waals surface area (Å²) in [6, 6.07) is 5.77. The van der Waals surface area contributed by atoms with Crippen molar-refractivity contribution in [3.8, 4) is 6.07 Å². The smallest absolute Gasteiger partial charge is 0.140 e. The fraction of sp³-hybridized carbons (Fsp3) is 0.538. The largest absolute Gasteiger partial charge is 0.383 e. The highest BCUT2D eigenvalue weighted by Crippen LogP contribution is 2.15. The molecule has 96 valence electrons. The van der Waals surface area contributed by atoms with Crippen LogP contribution in [0.25, 0.3) is 0 Å². The number of piperazine rings is 1. The Morgan fingerprint density at radius 1 is 1.33 bits per heavy atom. The standard InChI is InChI=1S/C13H18N4O/c1-18-9-8-16-4-6-17(7-5-16)13-3-2-12(10-14)15-11-13/h2-3,11H,4-9H2,1H3. The third kappa shape index (κ3) is 3.19. The Morgan fingerprint density at radius 3 is 2.67 bits per heavy atom. The van der Waals surface area contributed by atoms with E-state index in [1.807, 2.05) is 12.1 Å². The number of anilines is 1. The molecule has 0 radical (unpaired) electrons. The first kappa shape index (κ1) is 12.8. The number of methoxy groups -OCH3 is 1. The van der Waals surface area contributed by atoms with Crippen molar-refractivity contribution in [3.63, 3.8) is 0 Å². The number of nitrogens with zero attached hydrogens (tertiary/aromatic N) is 4. The van der Waals surface area contributed by atoms with Gasteiger partial charge in [-0.05, 0) is 12.1 Å². The maximum Gasteiger partial charge on any atom is 0.140 e. The zero-order valence-electron chi connectivity index (χ0n) is 10.7. The van der Waals surface area contributed by atoms with E-state index < -0.39 is 0 Å². The lowest BCUT2D eigenvalue weighted by molar-refractivity contribution is 0.144. The number of hydrogen-bond acceptors (Lipinski definition) is 5. The van der Waals surface area contributed by atoms with Crippen molar-refractivity contribution >= 4 is 5.69 Å². The van der Waals surface area contributed by atoms with Gasteiger partial charge < -0.3 is 9.64 Å². The number of rotatable bonds is 4. The zero-order valence-corrected chi connectivity index (χ0v) is 10.7. The Morgan fingerprint density at radius 2 is 2.11 bits per heavy atom. The van der Waals surface area contributed by atoms with E-state index in [4.69, 9.17) is 10.00 Å². The van der Waals surface area contributed by atoms with Crippen molar-refractivity contribution in [1.29, 1.82) is 5.26 Å². The summed E-state index contributed by atoms with van der Waals surface area (Å²) in [5.41, 5.74) is 1.57. The topological polar surface area (TPSA) is 52.4 Å². The van der Waals surface area contributed by atoms with Crippen LogP contribution >= 0.6 is 0 Å². The second kappa shape index (κ2) is 6.34. The maximum atomic E-state index is 8.71. The van der Waals surface area contributed by atoms with Gasteiger partial charge in [-0.1, -0.05) is 0 Å². The summed E-state index contributed by atoms with van der Waals surface area (Å²) in [6.07, 6.45) is 1.78. The van der Waals surface area contributed by atoms with Gasteiger partial charge in [-0.2, -0.15) is 5.26 Å². The van der Waals surface area contributed by atoms with Crippen molar-refractivity contribution in [3.05, 3.63) is 24.0 Å². The van der Waals surface area contributed by atoms with Crippen LogP contribution in [0.2, 0.25) is 0 Å². The van der Waals surface area contributed by atoms with E-state index in [9.17, 15) is 0 Å². The third-order valence-corrected chi connectivity index (χ3v) is 3.21. The molecule has 2 rings (SSSR count). The van der Waals surface area contributed by atoms with E-state index in [2.05, 4.69) is 14.8 Å². The van der Waals surface area contributed by atoms with Crippen LogP contribution < -0.4 is 4.90 Å². The average Bonchev–Trinajstić information content (AvgIpc) is 2.46. The molecule has 0 unspecified atom stereocenters. The van der Waals surface area contributed by atoms with Gasteiger partial charge in [0.2, 0.25) is 0 Å². The Labute approximate surface area is 108 Å². The van der Waals surface area contributed by atoms with Crippen molar-refractivity contribution in [2.24, 2.45) is 0 Å². The van der Waals surface area contributed by atoms with E-state index in [1.165, 1.54) is 0 Å². The molecule has 0 bridgehead atoms. The molecule has 1 aromatic heterocycles. The first-order valence-corrected chi connectivity index (χ1v) is 6.16. The third-order valence-electron chi connectivity index (χ3n) is 3.21. The fourth-order valence-corrected chi connectivity index (χ4v) is 2.09. The van der Waals surface area contributed by atoms with Gasteiger partial charge >= 0.3 is 0 Å². The molecule has 2 heterocycles. The Balaban J connectivity index is 1.87. The van der Waals surface area contributed by atoms with Gasteiger partial charge in [-0.25, -0.2) is 4.98 Å². The molecule has 0 spiro atoms. The molecule has 1 aromatic rings. The SMILES string of the molecule is COCCN1CCN(c2ccc(C#N)nc2)CC1. The Bertz CT molecular complexity index is 404. The van der Waals surface area contributed by atoms with Gasteiger partial charge in [0.1, 0.15) is 11.8 Å². The molecule has 1 fully saturated rings. The molecule has 5 nitrogen and oxygen atoms in total. The lowest BCUT2D eigenvalue weighted by atomic mass is 10.2. The minimum absolute atomic E-state index is 0.470. The maximum absolute atomic E-state index is 8.71. The lowest BCUT2D eigenvalue weighted by Crippen LogP contribution is -2.47. The molecule has 0 amide bonds. The van der Waals surface area contributed by atoms with Gasteiger partial charge in [0.05, 0.1) is 18.5 Å². The second-order valence-electron chi connectivity index (χ2n) is 4.33. The van der Waals surface area contributed by atoms with Crippen molar-refractivity contribution in [1.82, 2.24) is 9.88 Å². The van der Waals surface area contributed by atoms with Gasteiger partial charge in [0.25, 0.3) is 0 Å². The number of hydrogen-bond donors (Lipinski definition) is 0. The minimum atomic E-state index is 0.470. The predicted octanol–water partition coefficient (Wildman–Crippen LogP) is 0.722. The van der Waals surface area contributed by atoms with Crippen LogP contribution in [0.4, 0.5) is 5.69 Å². The molecule has 1 aliphatic heterocycles. The van der Waals surface area contributed by atoms with Crippen LogP contribution in [-0.4, -0.2) is 56.3 Å². The second-order valence-corrected chi connectivity index (χ2v) is 4.33. The molecule has 0 aromatic carbocycles. The fourth-order valence-electron chi connectivity index (χ4n) is 2.09. The molecule has 5 heteroatoms. The summed E-state index contributed by atoms with van der Waals surface area (Å²) >= 11 is 0. The number of nitriles is 1. The monoisotopic (exact) mass is 246 g/mol. The van der Waals surface area contributed by atoms with Crippen LogP contribution in [0.5, 0.6) is 0 Å². The van der Waals surface area contributed by atoms with E-state index in [0.717, 1.165) is 45.0 Å². The normalized spacial score (nSPS) is 16.6. The van der Waals surface area contributed by atoms with E-state index in [-0.39, 0.29) is 0 Å². The van der Waals surface area contributed by atoms with E-state index >= 15 is 0 Å². The first-order chi connectivity index (χ1) is 8.83. The van der Waals surface area contributed by atoms with E-state index in [1.54, 1.807) is 19.4 Å². The highest BCUT2D eigenvalue weighted by Gasteiger charge is 2.16. The van der Waals surface area contributed by atoms with Crippen molar-refractivity contribution < 1.29 is 4.74 Å². The summed E-state index contributed by atoms with van der Waals surface area (Å²) in [7, 11) is 1.73. The summed E-state index contributed by atoms with van der Waals surface area (Å²) in [4.78, 5) is 8.81. The quantitative estimate of drug-likeness (QED) is 0.783. The van der Waals surface area contributed by atoms with Crippen LogP contribution in [-0.2, 0) is 4.74 Å². The molecule has 1 aliphatic rings. The van der Waals surface area contributed by atoms with E-state index in [0.29, 0.717) is 5.69 Å². The van der Waals surface area contributed by atoms with Gasteiger partial charge in [-0.15, -0.1) is 0 Å². The molecule has 0 atom stereocenters. The lowest BCUT2D eigenvalue weighted by Gasteiger charge is -2.35. The van der Waals surface area contributed by atoms with Crippen LogP contribution in [0.1, 0.15) is 5.69 Å². The van der Waals surface area contributed by atoms with Gasteiger partial charge in [0, 0.05) is 39.8 Å². The molecule has 18 heavy (non-hydrogen) atoms. The Hall–Kier alpha value is -1.64. The highest BCUT2D eigenvalue weighted by molar-refractivity contribution is 5.46. The van der Waals surface area contributed by atoms with Crippen molar-refractivity contribution in [2.75, 3.05) is 51.3 Å². The molecule has 0 aliphatic carbocycles. The molecule has 0 N–H and O–H groups in total. The molecular weight excluding hydrogens is 228 g/mol. The summed E-state index contributed by atoms with van der Waals surface area (Å²) in [5, 5.41) is 8.71. The Kier molecular flexibility index (Phi) is 4.51. The van der Waals surface area contributed by atoms with Gasteiger partial charge in [-0.3, -0.25) is 4.90 Å². The molecule has 0 saturated carbocycles. The average molecular weight is 246 g/mol. The van der Waals surface area contributed by atoms with Crippen LogP contribution in [0.3, 0.4) is 0 Å². The highest BCUT2D eigenvalue weighted by atomic mass is 16.5. The first-order valence-electron chi connectivity index (χ1n) is 6.16. The van der Waals surface area contributed by atoms with Crippen molar-refractivity contribution in [2.45, 2.75) is 0 Å². The molecular formula is C13H18N4O. The minimum Gasteiger partial charge on any atom is -0.383 e. The van der Waals surface area contributed by atoms with Crippen LogP contribution in [0.15, 0.2) is 18.3 Å².